The van der Waals surface area contributed by atoms with Gasteiger partial charge in [-0.05, 0) is 92.4 Å². The van der Waals surface area contributed by atoms with Gasteiger partial charge in [-0.2, -0.15) is 0 Å². The largest absolute Gasteiger partial charge is 0.494 e. The molecule has 1 N–H and O–H groups in total. The minimum atomic E-state index is -4.32. The molecule has 0 aromatic heterocycles. The Morgan fingerprint density at radius 1 is 0.955 bits per heavy atom. The Hall–Kier alpha value is -3.63. The number of sulfonamides is 1. The topological polar surface area (TPSA) is 96.0 Å². The van der Waals surface area contributed by atoms with Gasteiger partial charge in [-0.25, -0.2) is 12.8 Å². The van der Waals surface area contributed by atoms with Crippen molar-refractivity contribution in [3.05, 3.63) is 89.2 Å². The van der Waals surface area contributed by atoms with E-state index >= 15 is 0 Å². The molecule has 0 radical (unpaired) electrons. The molecule has 0 spiro atoms. The first-order valence-electron chi connectivity index (χ1n) is 15.0. The Balaban J connectivity index is 1.70. The number of nitrogens with zero attached hydrogens (tertiary/aromatic N) is 2. The second kappa shape index (κ2) is 15.4. The van der Waals surface area contributed by atoms with Crippen molar-refractivity contribution in [2.45, 2.75) is 75.9 Å². The standard InChI is InChI=1S/C33H39ClFN3O5S/c1-3-31(33(40)36-27-8-6-5-7-9-27)37(22-24-10-12-25(34)13-11-24)32(39)23-38(28-16-18-29(19-17-28)43-4-2)44(41,42)30-20-14-26(35)15-21-30/h10-21,27,31H,3-9,22-23H2,1-2H3,(H,36,40)/t31-/m0/s1. The lowest BCUT2D eigenvalue weighted by Gasteiger charge is -2.34. The summed E-state index contributed by atoms with van der Waals surface area (Å²) in [5.74, 6) is -0.881. The van der Waals surface area contributed by atoms with Crippen LogP contribution in [0.1, 0.15) is 57.9 Å². The highest BCUT2D eigenvalue weighted by Crippen LogP contribution is 2.27. The van der Waals surface area contributed by atoms with Gasteiger partial charge in [-0.1, -0.05) is 49.9 Å². The van der Waals surface area contributed by atoms with Gasteiger partial charge in [0.2, 0.25) is 11.8 Å². The third-order valence-electron chi connectivity index (χ3n) is 7.72. The first kappa shape index (κ1) is 33.3. The minimum absolute atomic E-state index is 0.0389. The van der Waals surface area contributed by atoms with Crippen LogP contribution >= 0.6 is 11.6 Å². The van der Waals surface area contributed by atoms with Crippen LogP contribution in [-0.4, -0.2) is 50.4 Å². The number of hydrogen-bond acceptors (Lipinski definition) is 5. The molecular formula is C33H39ClFN3O5S. The third kappa shape index (κ3) is 8.51. The van der Waals surface area contributed by atoms with Crippen LogP contribution in [-0.2, 0) is 26.2 Å². The molecule has 8 nitrogen and oxygen atoms in total. The average Bonchev–Trinajstić information content (AvgIpc) is 3.02. The van der Waals surface area contributed by atoms with Gasteiger partial charge >= 0.3 is 0 Å². The van der Waals surface area contributed by atoms with Gasteiger partial charge in [0.1, 0.15) is 24.2 Å². The summed E-state index contributed by atoms with van der Waals surface area (Å²) in [6, 6.07) is 16.9. The summed E-state index contributed by atoms with van der Waals surface area (Å²) in [4.78, 5) is 29.1. The van der Waals surface area contributed by atoms with Crippen molar-refractivity contribution in [1.82, 2.24) is 10.2 Å². The molecule has 2 amide bonds. The predicted octanol–water partition coefficient (Wildman–Crippen LogP) is 6.33. The van der Waals surface area contributed by atoms with E-state index in [4.69, 9.17) is 16.3 Å². The van der Waals surface area contributed by atoms with Gasteiger partial charge in [-0.15, -0.1) is 0 Å². The zero-order valence-corrected chi connectivity index (χ0v) is 26.6. The van der Waals surface area contributed by atoms with Crippen LogP contribution in [0.4, 0.5) is 10.1 Å². The number of rotatable bonds is 13. The van der Waals surface area contributed by atoms with Crippen molar-refractivity contribution >= 4 is 39.1 Å². The van der Waals surface area contributed by atoms with Crippen LogP contribution in [0.3, 0.4) is 0 Å². The van der Waals surface area contributed by atoms with Gasteiger partial charge in [0.05, 0.1) is 17.2 Å². The lowest BCUT2D eigenvalue weighted by atomic mass is 9.95. The molecule has 11 heteroatoms. The maximum absolute atomic E-state index is 14.2. The normalized spacial score (nSPS) is 14.5. The molecule has 44 heavy (non-hydrogen) atoms. The SMILES string of the molecule is CCOc1ccc(N(CC(=O)N(Cc2ccc(Cl)cc2)[C@@H](CC)C(=O)NC2CCCCC2)S(=O)(=O)c2ccc(F)cc2)cc1. The van der Waals surface area contributed by atoms with Crippen LogP contribution in [0.25, 0.3) is 0 Å². The highest BCUT2D eigenvalue weighted by atomic mass is 35.5. The Labute approximate surface area is 264 Å². The first-order valence-corrected chi connectivity index (χ1v) is 16.8. The minimum Gasteiger partial charge on any atom is -0.494 e. The number of benzene rings is 3. The van der Waals surface area contributed by atoms with Gasteiger partial charge in [-0.3, -0.25) is 13.9 Å². The zero-order chi connectivity index (χ0) is 31.7. The first-order chi connectivity index (χ1) is 21.1. The highest BCUT2D eigenvalue weighted by molar-refractivity contribution is 7.92. The molecule has 1 saturated carbocycles. The van der Waals surface area contributed by atoms with Crippen LogP contribution in [0.15, 0.2) is 77.7 Å². The summed E-state index contributed by atoms with van der Waals surface area (Å²) < 4.78 is 48.1. The van der Waals surface area contributed by atoms with Gasteiger partial charge in [0.25, 0.3) is 10.0 Å². The number of anilines is 1. The summed E-state index contributed by atoms with van der Waals surface area (Å²) >= 11 is 6.09. The van der Waals surface area contributed by atoms with E-state index < -0.39 is 34.3 Å². The highest BCUT2D eigenvalue weighted by Gasteiger charge is 2.34. The molecule has 0 aliphatic heterocycles. The third-order valence-corrected chi connectivity index (χ3v) is 9.76. The molecule has 1 fully saturated rings. The molecule has 236 valence electrons. The monoisotopic (exact) mass is 643 g/mol. The molecule has 1 aliphatic rings. The van der Waals surface area contributed by atoms with E-state index in [0.29, 0.717) is 23.8 Å². The lowest BCUT2D eigenvalue weighted by Crippen LogP contribution is -2.54. The number of ether oxygens (including phenoxy) is 1. The summed E-state index contributed by atoms with van der Waals surface area (Å²) in [6.07, 6.45) is 5.30. The smallest absolute Gasteiger partial charge is 0.264 e. The Kier molecular flexibility index (Phi) is 11.6. The summed E-state index contributed by atoms with van der Waals surface area (Å²) in [5, 5.41) is 3.66. The summed E-state index contributed by atoms with van der Waals surface area (Å²) in [7, 11) is -4.32. The fraction of sp³-hybridized carbons (Fsp3) is 0.394. The maximum atomic E-state index is 14.2. The predicted molar refractivity (Wildman–Crippen MR) is 170 cm³/mol. The maximum Gasteiger partial charge on any atom is 0.264 e. The van der Waals surface area contributed by atoms with Crippen molar-refractivity contribution in [2.24, 2.45) is 0 Å². The molecule has 0 unspecified atom stereocenters. The van der Waals surface area contributed by atoms with E-state index in [2.05, 4.69) is 5.32 Å². The second-order valence-electron chi connectivity index (χ2n) is 10.8. The fourth-order valence-electron chi connectivity index (χ4n) is 5.39. The number of halogens is 2. The summed E-state index contributed by atoms with van der Waals surface area (Å²) in [5.41, 5.74) is 0.956. The zero-order valence-electron chi connectivity index (χ0n) is 25.0. The molecule has 1 aliphatic carbocycles. The van der Waals surface area contributed by atoms with Crippen LogP contribution in [0, 0.1) is 5.82 Å². The van der Waals surface area contributed by atoms with Crippen molar-refractivity contribution in [1.29, 1.82) is 0 Å². The second-order valence-corrected chi connectivity index (χ2v) is 13.1. The van der Waals surface area contributed by atoms with Crippen molar-refractivity contribution in [3.8, 4) is 5.75 Å². The van der Waals surface area contributed by atoms with Crippen molar-refractivity contribution < 1.29 is 27.1 Å². The molecule has 4 rings (SSSR count). The van der Waals surface area contributed by atoms with Gasteiger partial charge in [0.15, 0.2) is 0 Å². The number of hydrogen-bond donors (Lipinski definition) is 1. The van der Waals surface area contributed by atoms with Gasteiger partial charge in [0, 0.05) is 17.6 Å². The van der Waals surface area contributed by atoms with Gasteiger partial charge < -0.3 is 15.0 Å². The van der Waals surface area contributed by atoms with E-state index in [-0.39, 0.29) is 29.1 Å². The molecular weight excluding hydrogens is 605 g/mol. The van der Waals surface area contributed by atoms with Crippen LogP contribution in [0.2, 0.25) is 5.02 Å². The Morgan fingerprint density at radius 3 is 2.18 bits per heavy atom. The number of carbonyl (C=O) groups is 2. The molecule has 3 aromatic carbocycles. The van der Waals surface area contributed by atoms with E-state index in [1.807, 2.05) is 13.8 Å². The van der Waals surface area contributed by atoms with Crippen LogP contribution in [0.5, 0.6) is 5.75 Å². The Bertz CT molecular complexity index is 1500. The van der Waals surface area contributed by atoms with Crippen molar-refractivity contribution in [3.63, 3.8) is 0 Å². The lowest BCUT2D eigenvalue weighted by molar-refractivity contribution is -0.140. The number of carbonyl (C=O) groups excluding carboxylic acids is 2. The summed E-state index contributed by atoms with van der Waals surface area (Å²) in [6.45, 7) is 3.57. The Morgan fingerprint density at radius 2 is 1.59 bits per heavy atom. The quantitative estimate of drug-likeness (QED) is 0.235. The van der Waals surface area contributed by atoms with Crippen LogP contribution < -0.4 is 14.4 Å². The molecule has 0 heterocycles. The molecule has 3 aromatic rings. The molecule has 0 saturated heterocycles. The van der Waals surface area contributed by atoms with E-state index in [9.17, 15) is 22.4 Å². The fourth-order valence-corrected chi connectivity index (χ4v) is 6.93. The van der Waals surface area contributed by atoms with E-state index in [1.54, 1.807) is 48.5 Å². The number of amides is 2. The molecule has 1 atom stereocenters. The van der Waals surface area contributed by atoms with E-state index in [0.717, 1.165) is 66.2 Å². The van der Waals surface area contributed by atoms with Crippen molar-refractivity contribution in [2.75, 3.05) is 17.5 Å². The van der Waals surface area contributed by atoms with E-state index in [1.165, 1.54) is 4.90 Å². The molecule has 0 bridgehead atoms. The average molecular weight is 644 g/mol. The number of nitrogens with one attached hydrogen (secondary N) is 1.